The van der Waals surface area contributed by atoms with E-state index >= 15 is 0 Å². The molecule has 0 aromatic carbocycles. The van der Waals surface area contributed by atoms with E-state index in [1.54, 1.807) is 6.33 Å². The summed E-state index contributed by atoms with van der Waals surface area (Å²) in [6, 6.07) is 0. The maximum absolute atomic E-state index is 5.18. The number of aromatic nitrogens is 3. The predicted octanol–water partition coefficient (Wildman–Crippen LogP) is 7.38. The molecule has 0 fully saturated rings. The monoisotopic (exact) mass is 427 g/mol. The summed E-state index contributed by atoms with van der Waals surface area (Å²) < 4.78 is 1.25. The molecular weight excluding hydrogens is 394 g/mol. The molecule has 1 aliphatic carbocycles. The van der Waals surface area contributed by atoms with E-state index in [1.807, 2.05) is 23.1 Å². The Morgan fingerprint density at radius 1 is 1.03 bits per heavy atom. The number of thioether (sulfide) groups is 1. The Labute approximate surface area is 183 Å². The van der Waals surface area contributed by atoms with Gasteiger partial charge in [0.2, 0.25) is 0 Å². The van der Waals surface area contributed by atoms with Crippen molar-refractivity contribution in [1.82, 2.24) is 15.0 Å². The first-order chi connectivity index (χ1) is 14.2. The average molecular weight is 428 g/mol. The van der Waals surface area contributed by atoms with Crippen LogP contribution in [0, 0.1) is 5.92 Å². The topological polar surface area (TPSA) is 38.7 Å². The Hall–Kier alpha value is -1.20. The molecular formula is C24H33N3S2. The van der Waals surface area contributed by atoms with Gasteiger partial charge in [-0.15, -0.1) is 23.1 Å². The molecule has 0 saturated heterocycles. The Morgan fingerprint density at radius 3 is 2.62 bits per heavy atom. The molecule has 29 heavy (non-hydrogen) atoms. The largest absolute Gasteiger partial charge is 0.242 e. The van der Waals surface area contributed by atoms with E-state index in [1.165, 1.54) is 89.5 Å². The summed E-state index contributed by atoms with van der Waals surface area (Å²) in [5.74, 6) is 1.78. The Balaban J connectivity index is 1.68. The van der Waals surface area contributed by atoms with Gasteiger partial charge in [0.05, 0.1) is 10.2 Å². The quantitative estimate of drug-likeness (QED) is 0.203. The molecule has 3 aromatic rings. The van der Waals surface area contributed by atoms with E-state index < -0.39 is 0 Å². The number of nitrogens with zero attached hydrogens (tertiary/aromatic N) is 3. The lowest BCUT2D eigenvalue weighted by molar-refractivity contribution is 0.615. The van der Waals surface area contributed by atoms with Crippen LogP contribution in [0.3, 0.4) is 0 Å². The van der Waals surface area contributed by atoms with Crippen LogP contribution >= 0.6 is 23.1 Å². The average Bonchev–Trinajstić information content (AvgIpc) is 3.09. The standard InChI is InChI=1S/C24H33N3S2/c1-4-5-6-7-10-13-28-24-22-21(25-15-26-24)20-18-12-9-8-11-17(18)19(14-16(2)3)27-23(20)29-22/h15-16H,4-14H2,1-3H3. The van der Waals surface area contributed by atoms with Gasteiger partial charge in [0, 0.05) is 11.1 Å². The summed E-state index contributed by atoms with van der Waals surface area (Å²) in [4.78, 5) is 15.8. The fourth-order valence-electron chi connectivity index (χ4n) is 4.45. The molecule has 3 nitrogen and oxygen atoms in total. The van der Waals surface area contributed by atoms with Crippen LogP contribution in [0.2, 0.25) is 0 Å². The van der Waals surface area contributed by atoms with Gasteiger partial charge in [-0.3, -0.25) is 0 Å². The van der Waals surface area contributed by atoms with Gasteiger partial charge in [-0.25, -0.2) is 15.0 Å². The minimum atomic E-state index is 0.638. The second-order valence-corrected chi connectivity index (χ2v) is 10.8. The van der Waals surface area contributed by atoms with Gasteiger partial charge in [-0.05, 0) is 61.3 Å². The minimum Gasteiger partial charge on any atom is -0.242 e. The van der Waals surface area contributed by atoms with Crippen LogP contribution in [0.5, 0.6) is 0 Å². The number of fused-ring (bicyclic) bond motifs is 5. The van der Waals surface area contributed by atoms with Crippen LogP contribution in [0.1, 0.15) is 82.5 Å². The summed E-state index contributed by atoms with van der Waals surface area (Å²) in [5.41, 5.74) is 5.56. The molecule has 0 saturated carbocycles. The van der Waals surface area contributed by atoms with Gasteiger partial charge in [-0.1, -0.05) is 46.5 Å². The highest BCUT2D eigenvalue weighted by molar-refractivity contribution is 7.99. The number of pyridine rings is 1. The maximum atomic E-state index is 5.18. The first kappa shape index (κ1) is 21.0. The van der Waals surface area contributed by atoms with Crippen LogP contribution in [-0.4, -0.2) is 20.7 Å². The zero-order chi connectivity index (χ0) is 20.2. The van der Waals surface area contributed by atoms with E-state index in [0.717, 1.165) is 22.7 Å². The lowest BCUT2D eigenvalue weighted by atomic mass is 9.87. The fraction of sp³-hybridized carbons (Fsp3) is 0.625. The molecule has 0 radical (unpaired) electrons. The van der Waals surface area contributed by atoms with E-state index in [4.69, 9.17) is 9.97 Å². The highest BCUT2D eigenvalue weighted by atomic mass is 32.2. The molecule has 1 aliphatic rings. The molecule has 4 rings (SSSR count). The number of aryl methyl sites for hydroxylation is 1. The number of hydrogen-bond acceptors (Lipinski definition) is 5. The van der Waals surface area contributed by atoms with E-state index in [2.05, 4.69) is 25.8 Å². The molecule has 0 bridgehead atoms. The number of unbranched alkanes of at least 4 members (excludes halogenated alkanes) is 4. The van der Waals surface area contributed by atoms with E-state index in [9.17, 15) is 0 Å². The second-order valence-electron chi connectivity index (χ2n) is 8.72. The van der Waals surface area contributed by atoms with Crippen LogP contribution in [0.15, 0.2) is 11.4 Å². The Bertz CT molecular complexity index is 977. The lowest BCUT2D eigenvalue weighted by Crippen LogP contribution is -2.11. The van der Waals surface area contributed by atoms with Crippen LogP contribution in [-0.2, 0) is 19.3 Å². The molecule has 0 N–H and O–H groups in total. The number of rotatable bonds is 9. The lowest BCUT2D eigenvalue weighted by Gasteiger charge is -2.20. The fourth-order valence-corrected chi connectivity index (χ4v) is 6.71. The normalized spacial score (nSPS) is 14.2. The molecule has 156 valence electrons. The summed E-state index contributed by atoms with van der Waals surface area (Å²) in [6.45, 7) is 6.87. The summed E-state index contributed by atoms with van der Waals surface area (Å²) in [5, 5.41) is 2.49. The molecule has 0 spiro atoms. The zero-order valence-electron chi connectivity index (χ0n) is 18.1. The van der Waals surface area contributed by atoms with Gasteiger partial charge >= 0.3 is 0 Å². The Kier molecular flexibility index (Phi) is 7.07. The third kappa shape index (κ3) is 4.61. The van der Waals surface area contributed by atoms with Crippen molar-refractivity contribution in [3.8, 4) is 0 Å². The van der Waals surface area contributed by atoms with E-state index in [0.29, 0.717) is 5.92 Å². The van der Waals surface area contributed by atoms with Crippen molar-refractivity contribution in [2.24, 2.45) is 5.92 Å². The third-order valence-corrected chi connectivity index (χ3v) is 8.15. The van der Waals surface area contributed by atoms with Crippen molar-refractivity contribution < 1.29 is 0 Å². The smallest absolute Gasteiger partial charge is 0.126 e. The van der Waals surface area contributed by atoms with Gasteiger partial charge in [-0.2, -0.15) is 0 Å². The zero-order valence-corrected chi connectivity index (χ0v) is 19.7. The Morgan fingerprint density at radius 2 is 1.83 bits per heavy atom. The van der Waals surface area contributed by atoms with Crippen molar-refractivity contribution in [1.29, 1.82) is 0 Å². The number of hydrogen-bond donors (Lipinski definition) is 0. The summed E-state index contributed by atoms with van der Waals surface area (Å²) in [7, 11) is 0. The molecule has 3 heterocycles. The summed E-state index contributed by atoms with van der Waals surface area (Å²) >= 11 is 3.72. The van der Waals surface area contributed by atoms with Crippen LogP contribution in [0.4, 0.5) is 0 Å². The molecule has 3 aromatic heterocycles. The van der Waals surface area contributed by atoms with Crippen molar-refractivity contribution >= 4 is 43.5 Å². The highest BCUT2D eigenvalue weighted by Crippen LogP contribution is 2.41. The molecule has 0 unspecified atom stereocenters. The van der Waals surface area contributed by atoms with E-state index in [-0.39, 0.29) is 0 Å². The highest BCUT2D eigenvalue weighted by Gasteiger charge is 2.23. The van der Waals surface area contributed by atoms with Crippen molar-refractivity contribution in [2.75, 3.05) is 5.75 Å². The molecule has 0 amide bonds. The molecule has 0 aliphatic heterocycles. The van der Waals surface area contributed by atoms with Gasteiger partial charge in [0.25, 0.3) is 0 Å². The van der Waals surface area contributed by atoms with Crippen molar-refractivity contribution in [3.05, 3.63) is 23.1 Å². The van der Waals surface area contributed by atoms with Gasteiger partial charge in [0.15, 0.2) is 0 Å². The van der Waals surface area contributed by atoms with Crippen LogP contribution in [0.25, 0.3) is 20.4 Å². The SMILES string of the molecule is CCCCCCCSc1ncnc2c1sc1nc(CC(C)C)c3c(c12)CCCC3. The van der Waals surface area contributed by atoms with Crippen LogP contribution < -0.4 is 0 Å². The van der Waals surface area contributed by atoms with Gasteiger partial charge in [0.1, 0.15) is 16.2 Å². The van der Waals surface area contributed by atoms with Crippen molar-refractivity contribution in [3.63, 3.8) is 0 Å². The maximum Gasteiger partial charge on any atom is 0.126 e. The minimum absolute atomic E-state index is 0.638. The van der Waals surface area contributed by atoms with Gasteiger partial charge < -0.3 is 0 Å². The third-order valence-electron chi connectivity index (χ3n) is 5.86. The number of thiophene rings is 1. The predicted molar refractivity (Wildman–Crippen MR) is 127 cm³/mol. The molecule has 0 atom stereocenters. The second kappa shape index (κ2) is 9.74. The first-order valence-electron chi connectivity index (χ1n) is 11.4. The molecule has 5 heteroatoms. The van der Waals surface area contributed by atoms with Crippen molar-refractivity contribution in [2.45, 2.75) is 90.0 Å². The summed E-state index contributed by atoms with van der Waals surface area (Å²) in [6.07, 6.45) is 14.4. The first-order valence-corrected chi connectivity index (χ1v) is 13.2.